The van der Waals surface area contributed by atoms with Crippen molar-refractivity contribution in [3.63, 3.8) is 0 Å². The van der Waals surface area contributed by atoms with Gasteiger partial charge in [0.25, 0.3) is 0 Å². The average Bonchev–Trinajstić information content (AvgIpc) is 2.53. The Balaban J connectivity index is 2.08. The topological polar surface area (TPSA) is 35.5 Å². The van der Waals surface area contributed by atoms with Crippen molar-refractivity contribution in [2.45, 2.75) is 12.3 Å². The SMILES string of the molecule is COC(=O)[C@H](CCOc1ccccc1)c1ccc(Cl)cc1Cl. The number of esters is 1. The maximum Gasteiger partial charge on any atom is 0.313 e. The second-order valence-electron chi connectivity index (χ2n) is 4.69. The molecule has 5 heteroatoms. The molecule has 0 N–H and O–H groups in total. The van der Waals surface area contributed by atoms with E-state index in [1.54, 1.807) is 18.2 Å². The third-order valence-corrected chi connectivity index (χ3v) is 3.80. The number of halogens is 2. The molecule has 0 fully saturated rings. The van der Waals surface area contributed by atoms with E-state index in [0.717, 1.165) is 5.75 Å². The van der Waals surface area contributed by atoms with Gasteiger partial charge in [-0.25, -0.2) is 0 Å². The van der Waals surface area contributed by atoms with Crippen LogP contribution in [0.15, 0.2) is 48.5 Å². The molecular formula is C17H16Cl2O3. The van der Waals surface area contributed by atoms with Crippen LogP contribution in [-0.4, -0.2) is 19.7 Å². The Labute approximate surface area is 139 Å². The van der Waals surface area contributed by atoms with Gasteiger partial charge in [0.2, 0.25) is 0 Å². The first kappa shape index (κ1) is 16.7. The summed E-state index contributed by atoms with van der Waals surface area (Å²) in [6.07, 6.45) is 0.461. The molecule has 0 aliphatic rings. The van der Waals surface area contributed by atoms with E-state index in [-0.39, 0.29) is 5.97 Å². The van der Waals surface area contributed by atoms with Crippen molar-refractivity contribution in [3.8, 4) is 5.75 Å². The van der Waals surface area contributed by atoms with E-state index in [1.165, 1.54) is 7.11 Å². The predicted molar refractivity (Wildman–Crippen MR) is 87.8 cm³/mol. The Morgan fingerprint density at radius 2 is 1.86 bits per heavy atom. The lowest BCUT2D eigenvalue weighted by molar-refractivity contribution is -0.142. The van der Waals surface area contributed by atoms with E-state index in [4.69, 9.17) is 32.7 Å². The molecule has 0 aromatic heterocycles. The van der Waals surface area contributed by atoms with Crippen molar-refractivity contribution in [3.05, 3.63) is 64.1 Å². The van der Waals surface area contributed by atoms with Gasteiger partial charge in [-0.3, -0.25) is 4.79 Å². The van der Waals surface area contributed by atoms with Gasteiger partial charge in [0, 0.05) is 10.0 Å². The van der Waals surface area contributed by atoms with E-state index < -0.39 is 5.92 Å². The zero-order valence-electron chi connectivity index (χ0n) is 12.1. The van der Waals surface area contributed by atoms with Crippen LogP contribution in [0.4, 0.5) is 0 Å². The first-order valence-corrected chi connectivity index (χ1v) is 7.58. The summed E-state index contributed by atoms with van der Waals surface area (Å²) in [6.45, 7) is 0.378. The fourth-order valence-electron chi connectivity index (χ4n) is 2.14. The van der Waals surface area contributed by atoms with Crippen molar-refractivity contribution in [2.24, 2.45) is 0 Å². The van der Waals surface area contributed by atoms with Crippen LogP contribution >= 0.6 is 23.2 Å². The van der Waals surface area contributed by atoms with Gasteiger partial charge in [-0.15, -0.1) is 0 Å². The number of ether oxygens (including phenoxy) is 2. The van der Waals surface area contributed by atoms with Gasteiger partial charge >= 0.3 is 5.97 Å². The minimum absolute atomic E-state index is 0.346. The lowest BCUT2D eigenvalue weighted by Gasteiger charge is -2.17. The zero-order valence-corrected chi connectivity index (χ0v) is 13.6. The van der Waals surface area contributed by atoms with Gasteiger partial charge in [0.15, 0.2) is 0 Å². The third kappa shape index (κ3) is 4.39. The number of hydrogen-bond acceptors (Lipinski definition) is 3. The average molecular weight is 339 g/mol. The van der Waals surface area contributed by atoms with Crippen LogP contribution in [-0.2, 0) is 9.53 Å². The third-order valence-electron chi connectivity index (χ3n) is 3.24. The number of methoxy groups -OCH3 is 1. The lowest BCUT2D eigenvalue weighted by Crippen LogP contribution is -2.17. The molecule has 0 saturated heterocycles. The maximum absolute atomic E-state index is 12.0. The summed E-state index contributed by atoms with van der Waals surface area (Å²) in [5, 5.41) is 0.973. The van der Waals surface area contributed by atoms with Crippen LogP contribution in [0.1, 0.15) is 17.9 Å². The number of carbonyl (C=O) groups is 1. The summed E-state index contributed by atoms with van der Waals surface area (Å²) in [5.74, 6) is -0.0762. The molecule has 0 radical (unpaired) electrons. The number of rotatable bonds is 6. The fourth-order valence-corrected chi connectivity index (χ4v) is 2.68. The van der Waals surface area contributed by atoms with Gasteiger partial charge in [0.1, 0.15) is 5.75 Å². The van der Waals surface area contributed by atoms with Crippen molar-refractivity contribution in [1.82, 2.24) is 0 Å². The van der Waals surface area contributed by atoms with E-state index in [9.17, 15) is 4.79 Å². The normalized spacial score (nSPS) is 11.8. The fraction of sp³-hybridized carbons (Fsp3) is 0.235. The van der Waals surface area contributed by atoms with Crippen LogP contribution in [0.3, 0.4) is 0 Å². The quantitative estimate of drug-likeness (QED) is 0.715. The molecule has 0 aliphatic heterocycles. The smallest absolute Gasteiger partial charge is 0.313 e. The second kappa shape index (κ2) is 8.06. The van der Waals surface area contributed by atoms with Gasteiger partial charge in [-0.2, -0.15) is 0 Å². The first-order chi connectivity index (χ1) is 10.6. The highest BCUT2D eigenvalue weighted by molar-refractivity contribution is 6.35. The predicted octanol–water partition coefficient (Wildman–Crippen LogP) is 4.72. The highest BCUT2D eigenvalue weighted by Crippen LogP contribution is 2.30. The van der Waals surface area contributed by atoms with Crippen molar-refractivity contribution in [2.75, 3.05) is 13.7 Å². The molecule has 3 nitrogen and oxygen atoms in total. The Morgan fingerprint density at radius 3 is 2.50 bits per heavy atom. The summed E-state index contributed by atoms with van der Waals surface area (Å²) in [4.78, 5) is 12.0. The van der Waals surface area contributed by atoms with E-state index in [1.807, 2.05) is 30.3 Å². The van der Waals surface area contributed by atoms with E-state index >= 15 is 0 Å². The molecule has 0 aliphatic carbocycles. The second-order valence-corrected chi connectivity index (χ2v) is 5.54. The number of hydrogen-bond donors (Lipinski definition) is 0. The van der Waals surface area contributed by atoms with Crippen molar-refractivity contribution in [1.29, 1.82) is 0 Å². The van der Waals surface area contributed by atoms with Gasteiger partial charge in [-0.1, -0.05) is 47.5 Å². The highest BCUT2D eigenvalue weighted by Gasteiger charge is 2.24. The van der Waals surface area contributed by atoms with Gasteiger partial charge < -0.3 is 9.47 Å². The Morgan fingerprint density at radius 1 is 1.14 bits per heavy atom. The molecule has 0 heterocycles. The minimum atomic E-state index is -0.488. The minimum Gasteiger partial charge on any atom is -0.494 e. The van der Waals surface area contributed by atoms with E-state index in [0.29, 0.717) is 28.6 Å². The standard InChI is InChI=1S/C17H16Cl2O3/c1-21-17(20)15(14-8-7-12(18)11-16(14)19)9-10-22-13-5-3-2-4-6-13/h2-8,11,15H,9-10H2,1H3/t15-/m1/s1. The molecule has 0 saturated carbocycles. The lowest BCUT2D eigenvalue weighted by atomic mass is 9.96. The van der Waals surface area contributed by atoms with Crippen molar-refractivity contribution >= 4 is 29.2 Å². The molecule has 0 bridgehead atoms. The molecule has 2 rings (SSSR count). The van der Waals surface area contributed by atoms with E-state index in [2.05, 4.69) is 0 Å². The molecule has 2 aromatic carbocycles. The molecule has 0 spiro atoms. The molecule has 0 amide bonds. The van der Waals surface area contributed by atoms with Crippen molar-refractivity contribution < 1.29 is 14.3 Å². The van der Waals surface area contributed by atoms with Gasteiger partial charge in [-0.05, 0) is 36.2 Å². The molecular weight excluding hydrogens is 323 g/mol. The van der Waals surface area contributed by atoms with Crippen LogP contribution in [0.5, 0.6) is 5.75 Å². The zero-order chi connectivity index (χ0) is 15.9. The maximum atomic E-state index is 12.0. The molecule has 2 aromatic rings. The summed E-state index contributed by atoms with van der Waals surface area (Å²) in [7, 11) is 1.36. The molecule has 116 valence electrons. The monoisotopic (exact) mass is 338 g/mol. The Kier molecular flexibility index (Phi) is 6.10. The van der Waals surface area contributed by atoms with Crippen LogP contribution in [0.25, 0.3) is 0 Å². The van der Waals surface area contributed by atoms with Crippen LogP contribution in [0.2, 0.25) is 10.0 Å². The molecule has 1 atom stereocenters. The molecule has 22 heavy (non-hydrogen) atoms. The largest absolute Gasteiger partial charge is 0.494 e. The summed E-state index contributed by atoms with van der Waals surface area (Å²) < 4.78 is 10.5. The number of para-hydroxylation sites is 1. The summed E-state index contributed by atoms with van der Waals surface area (Å²) in [6, 6.07) is 14.5. The Bertz CT molecular complexity index is 629. The van der Waals surface area contributed by atoms with Crippen LogP contribution < -0.4 is 4.74 Å². The van der Waals surface area contributed by atoms with Gasteiger partial charge in [0.05, 0.1) is 19.6 Å². The number of carbonyl (C=O) groups excluding carboxylic acids is 1. The highest BCUT2D eigenvalue weighted by atomic mass is 35.5. The number of benzene rings is 2. The first-order valence-electron chi connectivity index (χ1n) is 6.82. The summed E-state index contributed by atoms with van der Waals surface area (Å²) >= 11 is 12.1. The molecule has 0 unspecified atom stereocenters. The van der Waals surface area contributed by atoms with Crippen LogP contribution in [0, 0.1) is 0 Å². The Hall–Kier alpha value is -1.71. The summed E-state index contributed by atoms with van der Waals surface area (Å²) in [5.41, 5.74) is 0.689.